The summed E-state index contributed by atoms with van der Waals surface area (Å²) in [6.45, 7) is 3.01. The first-order chi connectivity index (χ1) is 10.7. The number of amides is 1. The highest BCUT2D eigenvalue weighted by atomic mass is 79.9. The molecule has 1 aliphatic heterocycles. The average Bonchev–Trinajstić information content (AvgIpc) is 3.35. The van der Waals surface area contributed by atoms with Gasteiger partial charge in [0.1, 0.15) is 0 Å². The van der Waals surface area contributed by atoms with E-state index < -0.39 is 0 Å². The predicted molar refractivity (Wildman–Crippen MR) is 100 cm³/mol. The number of nitrogens with one attached hydrogen (secondary N) is 1. The third kappa shape index (κ3) is 6.09. The van der Waals surface area contributed by atoms with Crippen molar-refractivity contribution in [2.24, 2.45) is 5.92 Å². The highest BCUT2D eigenvalue weighted by Crippen LogP contribution is 2.28. The molecule has 1 N–H and O–H groups in total. The maximum Gasteiger partial charge on any atom is 0.222 e. The smallest absolute Gasteiger partial charge is 0.222 e. The van der Waals surface area contributed by atoms with Gasteiger partial charge in [-0.3, -0.25) is 4.79 Å². The van der Waals surface area contributed by atoms with Gasteiger partial charge in [0.25, 0.3) is 0 Å². The van der Waals surface area contributed by atoms with Crippen LogP contribution < -0.4 is 5.32 Å². The van der Waals surface area contributed by atoms with Gasteiger partial charge < -0.3 is 10.2 Å². The van der Waals surface area contributed by atoms with E-state index in [-0.39, 0.29) is 12.4 Å². The molecule has 2 aliphatic rings. The van der Waals surface area contributed by atoms with Gasteiger partial charge in [-0.2, -0.15) is 0 Å². The van der Waals surface area contributed by atoms with Crippen LogP contribution in [0.25, 0.3) is 0 Å². The summed E-state index contributed by atoms with van der Waals surface area (Å²) in [6, 6.07) is 8.86. The summed E-state index contributed by atoms with van der Waals surface area (Å²) in [6.07, 6.45) is 6.47. The summed E-state index contributed by atoms with van der Waals surface area (Å²) in [5, 5.41) is 3.66. The van der Waals surface area contributed by atoms with E-state index in [9.17, 15) is 4.79 Å². The van der Waals surface area contributed by atoms with Crippen molar-refractivity contribution in [3.05, 3.63) is 34.3 Å². The van der Waals surface area contributed by atoms with Crippen LogP contribution in [0, 0.1) is 5.92 Å². The zero-order valence-corrected chi connectivity index (χ0v) is 15.9. The summed E-state index contributed by atoms with van der Waals surface area (Å²) in [7, 11) is 0. The van der Waals surface area contributed by atoms with Crippen LogP contribution in [-0.2, 0) is 11.2 Å². The van der Waals surface area contributed by atoms with E-state index in [1.54, 1.807) is 0 Å². The molecule has 0 bridgehead atoms. The molecule has 0 unspecified atom stereocenters. The van der Waals surface area contributed by atoms with Crippen LogP contribution in [0.5, 0.6) is 0 Å². The third-order valence-electron chi connectivity index (χ3n) is 4.76. The fourth-order valence-corrected chi connectivity index (χ4v) is 3.54. The van der Waals surface area contributed by atoms with Crippen LogP contribution in [0.2, 0.25) is 0 Å². The van der Waals surface area contributed by atoms with E-state index in [1.807, 2.05) is 17.0 Å². The van der Waals surface area contributed by atoms with Crippen molar-refractivity contribution in [2.45, 2.75) is 44.6 Å². The van der Waals surface area contributed by atoms with Gasteiger partial charge in [0.05, 0.1) is 0 Å². The Morgan fingerprint density at radius 1 is 1.22 bits per heavy atom. The molecule has 1 aromatic rings. The van der Waals surface area contributed by atoms with Gasteiger partial charge in [-0.1, -0.05) is 28.1 Å². The van der Waals surface area contributed by atoms with E-state index in [0.717, 1.165) is 42.7 Å². The number of hydrogen-bond acceptors (Lipinski definition) is 2. The first kappa shape index (κ1) is 18.8. The molecular formula is C18H26BrClN2O. The van der Waals surface area contributed by atoms with Gasteiger partial charge in [0, 0.05) is 30.0 Å². The summed E-state index contributed by atoms with van der Waals surface area (Å²) < 4.78 is 1.08. The lowest BCUT2D eigenvalue weighted by Gasteiger charge is -2.32. The second-order valence-electron chi connectivity index (χ2n) is 6.64. The molecule has 3 rings (SSSR count). The molecule has 2 fully saturated rings. The van der Waals surface area contributed by atoms with Crippen LogP contribution >= 0.6 is 28.3 Å². The van der Waals surface area contributed by atoms with E-state index in [2.05, 4.69) is 33.4 Å². The number of rotatable bonds is 6. The Bertz CT molecular complexity index is 513. The maximum absolute atomic E-state index is 12.3. The van der Waals surface area contributed by atoms with Gasteiger partial charge in [-0.15, -0.1) is 12.4 Å². The van der Waals surface area contributed by atoms with Gasteiger partial charge >= 0.3 is 0 Å². The lowest BCUT2D eigenvalue weighted by molar-refractivity contribution is -0.132. The minimum atomic E-state index is 0. The zero-order chi connectivity index (χ0) is 15.4. The van der Waals surface area contributed by atoms with Crippen LogP contribution in [0.15, 0.2) is 28.7 Å². The number of carbonyl (C=O) groups is 1. The summed E-state index contributed by atoms with van der Waals surface area (Å²) in [5.41, 5.74) is 1.23. The van der Waals surface area contributed by atoms with Crippen LogP contribution in [-0.4, -0.2) is 36.5 Å². The normalized spacial score (nSPS) is 18.6. The molecule has 3 nitrogen and oxygen atoms in total. The Hall–Kier alpha value is -0.580. The number of hydrogen-bond donors (Lipinski definition) is 1. The van der Waals surface area contributed by atoms with Crippen LogP contribution in [0.4, 0.5) is 0 Å². The summed E-state index contributed by atoms with van der Waals surface area (Å²) in [5.74, 6) is 1.24. The number of carbonyl (C=O) groups excluding carboxylic acids is 1. The van der Waals surface area contributed by atoms with Gasteiger partial charge in [0.2, 0.25) is 5.91 Å². The molecule has 1 aliphatic carbocycles. The van der Waals surface area contributed by atoms with Crippen LogP contribution in [0.1, 0.15) is 37.7 Å². The highest BCUT2D eigenvalue weighted by Gasteiger charge is 2.25. The van der Waals surface area contributed by atoms with Crippen molar-refractivity contribution in [3.8, 4) is 0 Å². The standard InChI is InChI=1S/C18H25BrN2O.ClH/c19-16-3-1-2-14(12-16)6-7-18(22)21-10-8-17(9-11-21)20-13-15-4-5-15;/h1-3,12,15,17,20H,4-11,13H2;1H. The molecular weight excluding hydrogens is 376 g/mol. The summed E-state index contributed by atoms with van der Waals surface area (Å²) in [4.78, 5) is 14.4. The first-order valence-corrected chi connectivity index (χ1v) is 9.25. The number of halogens is 2. The molecule has 0 radical (unpaired) electrons. The fraction of sp³-hybridized carbons (Fsp3) is 0.611. The van der Waals surface area contributed by atoms with Crippen molar-refractivity contribution in [3.63, 3.8) is 0 Å². The van der Waals surface area contributed by atoms with Crippen molar-refractivity contribution in [1.82, 2.24) is 10.2 Å². The summed E-state index contributed by atoms with van der Waals surface area (Å²) >= 11 is 3.48. The van der Waals surface area contributed by atoms with Gasteiger partial charge in [-0.05, 0) is 62.3 Å². The Morgan fingerprint density at radius 3 is 2.61 bits per heavy atom. The van der Waals surface area contributed by atoms with Crippen molar-refractivity contribution >= 4 is 34.2 Å². The second-order valence-corrected chi connectivity index (χ2v) is 7.55. The lowest BCUT2D eigenvalue weighted by atomic mass is 10.0. The van der Waals surface area contributed by atoms with Crippen molar-refractivity contribution < 1.29 is 4.79 Å². The van der Waals surface area contributed by atoms with Crippen molar-refractivity contribution in [2.75, 3.05) is 19.6 Å². The molecule has 1 aromatic carbocycles. The Balaban J connectivity index is 0.00000192. The number of benzene rings is 1. The first-order valence-electron chi connectivity index (χ1n) is 8.46. The number of nitrogens with zero attached hydrogens (tertiary/aromatic N) is 1. The molecule has 5 heteroatoms. The molecule has 1 amide bonds. The quantitative estimate of drug-likeness (QED) is 0.786. The largest absolute Gasteiger partial charge is 0.343 e. The second kappa shape index (κ2) is 9.05. The molecule has 1 saturated carbocycles. The molecule has 0 aromatic heterocycles. The average molecular weight is 402 g/mol. The fourth-order valence-electron chi connectivity index (χ4n) is 3.09. The molecule has 23 heavy (non-hydrogen) atoms. The monoisotopic (exact) mass is 400 g/mol. The highest BCUT2D eigenvalue weighted by molar-refractivity contribution is 9.10. The van der Waals surface area contributed by atoms with Gasteiger partial charge in [-0.25, -0.2) is 0 Å². The molecule has 0 atom stereocenters. The number of likely N-dealkylation sites (tertiary alicyclic amines) is 1. The third-order valence-corrected chi connectivity index (χ3v) is 5.25. The van der Waals surface area contributed by atoms with Crippen LogP contribution in [0.3, 0.4) is 0 Å². The van der Waals surface area contributed by atoms with Crippen molar-refractivity contribution in [1.29, 1.82) is 0 Å². The predicted octanol–water partition coefficient (Wildman–Crippen LogP) is 3.79. The van der Waals surface area contributed by atoms with E-state index in [0.29, 0.717) is 18.4 Å². The van der Waals surface area contributed by atoms with E-state index in [1.165, 1.54) is 24.9 Å². The van der Waals surface area contributed by atoms with Gasteiger partial charge in [0.15, 0.2) is 0 Å². The Labute approximate surface area is 153 Å². The molecule has 0 spiro atoms. The maximum atomic E-state index is 12.3. The lowest BCUT2D eigenvalue weighted by Crippen LogP contribution is -2.45. The minimum absolute atomic E-state index is 0. The topological polar surface area (TPSA) is 32.3 Å². The Kier molecular flexibility index (Phi) is 7.38. The molecule has 1 saturated heterocycles. The molecule has 1 heterocycles. The number of piperidine rings is 1. The zero-order valence-electron chi connectivity index (χ0n) is 13.5. The van der Waals surface area contributed by atoms with E-state index in [4.69, 9.17) is 0 Å². The SMILES string of the molecule is Cl.O=C(CCc1cccc(Br)c1)N1CCC(NCC2CC2)CC1. The minimum Gasteiger partial charge on any atom is -0.343 e. The molecule has 128 valence electrons. The Morgan fingerprint density at radius 2 is 1.96 bits per heavy atom. The number of aryl methyl sites for hydroxylation is 1. The van der Waals surface area contributed by atoms with E-state index >= 15 is 0 Å².